The van der Waals surface area contributed by atoms with Crippen molar-refractivity contribution in [3.8, 4) is 5.75 Å². The molecule has 2 aromatic rings. The van der Waals surface area contributed by atoms with Gasteiger partial charge >= 0.3 is 0 Å². The Bertz CT molecular complexity index is 642. The van der Waals surface area contributed by atoms with Crippen LogP contribution >= 0.6 is 22.9 Å². The highest BCUT2D eigenvalue weighted by Crippen LogP contribution is 2.15. The SMILES string of the molecule is CN=C(NCc1scnc1C)N(C)CCOc1ccc(Cl)cc1. The summed E-state index contributed by atoms with van der Waals surface area (Å²) < 4.78 is 5.70. The standard InChI is InChI=1S/C16H21ClN4OS/c1-12-15(23-11-20-12)10-19-16(18-2)21(3)8-9-22-14-6-4-13(17)5-7-14/h4-7,11H,8-10H2,1-3H3,(H,18,19). The van der Waals surface area contributed by atoms with E-state index < -0.39 is 0 Å². The number of halogens is 1. The third-order valence-electron chi connectivity index (χ3n) is 3.33. The normalized spacial score (nSPS) is 11.4. The highest BCUT2D eigenvalue weighted by atomic mass is 35.5. The fraction of sp³-hybridized carbons (Fsp3) is 0.375. The molecule has 0 radical (unpaired) electrons. The van der Waals surface area contributed by atoms with Crippen LogP contribution in [-0.4, -0.2) is 43.1 Å². The number of hydrogen-bond acceptors (Lipinski definition) is 4. The Morgan fingerprint density at radius 3 is 2.74 bits per heavy atom. The van der Waals surface area contributed by atoms with Crippen molar-refractivity contribution in [2.75, 3.05) is 27.2 Å². The van der Waals surface area contributed by atoms with E-state index in [2.05, 4.69) is 15.3 Å². The summed E-state index contributed by atoms with van der Waals surface area (Å²) in [4.78, 5) is 11.8. The van der Waals surface area contributed by atoms with Crippen molar-refractivity contribution in [1.82, 2.24) is 15.2 Å². The van der Waals surface area contributed by atoms with Crippen molar-refractivity contribution in [1.29, 1.82) is 0 Å². The largest absolute Gasteiger partial charge is 0.492 e. The summed E-state index contributed by atoms with van der Waals surface area (Å²) in [6.45, 7) is 4.04. The lowest BCUT2D eigenvalue weighted by Crippen LogP contribution is -2.40. The summed E-state index contributed by atoms with van der Waals surface area (Å²) in [7, 11) is 3.76. The van der Waals surface area contributed by atoms with Gasteiger partial charge in [-0.25, -0.2) is 4.98 Å². The first-order valence-electron chi connectivity index (χ1n) is 7.29. The number of thiazole rings is 1. The van der Waals surface area contributed by atoms with Crippen LogP contribution in [-0.2, 0) is 6.54 Å². The van der Waals surface area contributed by atoms with Crippen molar-refractivity contribution in [3.63, 3.8) is 0 Å². The van der Waals surface area contributed by atoms with Crippen LogP contribution in [0.15, 0.2) is 34.8 Å². The molecule has 0 fully saturated rings. The number of aryl methyl sites for hydroxylation is 1. The number of nitrogens with zero attached hydrogens (tertiary/aromatic N) is 3. The predicted molar refractivity (Wildman–Crippen MR) is 96.6 cm³/mol. The number of guanidine groups is 1. The van der Waals surface area contributed by atoms with E-state index in [1.165, 1.54) is 4.88 Å². The summed E-state index contributed by atoms with van der Waals surface area (Å²) in [5, 5.41) is 4.05. The highest BCUT2D eigenvalue weighted by Gasteiger charge is 2.08. The van der Waals surface area contributed by atoms with Crippen molar-refractivity contribution >= 4 is 28.9 Å². The number of aromatic nitrogens is 1. The van der Waals surface area contributed by atoms with E-state index in [4.69, 9.17) is 16.3 Å². The molecule has 5 nitrogen and oxygen atoms in total. The van der Waals surface area contributed by atoms with Gasteiger partial charge < -0.3 is 15.0 Å². The molecular weight excluding hydrogens is 332 g/mol. The molecule has 124 valence electrons. The topological polar surface area (TPSA) is 49.8 Å². The zero-order valence-corrected chi connectivity index (χ0v) is 15.1. The molecule has 1 N–H and O–H groups in total. The maximum Gasteiger partial charge on any atom is 0.193 e. The quantitative estimate of drug-likeness (QED) is 0.640. The molecule has 0 spiro atoms. The summed E-state index contributed by atoms with van der Waals surface area (Å²) in [5.74, 6) is 1.64. The van der Waals surface area contributed by atoms with Gasteiger partial charge in [0.2, 0.25) is 0 Å². The first kappa shape index (κ1) is 17.6. The van der Waals surface area contributed by atoms with Gasteiger partial charge in [0.05, 0.1) is 24.3 Å². The molecule has 0 atom stereocenters. The van der Waals surface area contributed by atoms with Crippen LogP contribution in [0.4, 0.5) is 0 Å². The fourth-order valence-electron chi connectivity index (χ4n) is 1.98. The average molecular weight is 353 g/mol. The molecule has 0 bridgehead atoms. The van der Waals surface area contributed by atoms with Gasteiger partial charge in [-0.05, 0) is 31.2 Å². The molecule has 0 aliphatic rings. The lowest BCUT2D eigenvalue weighted by molar-refractivity contribution is 0.281. The van der Waals surface area contributed by atoms with Crippen molar-refractivity contribution in [2.45, 2.75) is 13.5 Å². The first-order valence-corrected chi connectivity index (χ1v) is 8.55. The monoisotopic (exact) mass is 352 g/mol. The van der Waals surface area contributed by atoms with Gasteiger partial charge in [0.1, 0.15) is 12.4 Å². The van der Waals surface area contributed by atoms with Gasteiger partial charge in [0.15, 0.2) is 5.96 Å². The van der Waals surface area contributed by atoms with Crippen LogP contribution in [0.2, 0.25) is 5.02 Å². The van der Waals surface area contributed by atoms with E-state index >= 15 is 0 Å². The van der Waals surface area contributed by atoms with Crippen LogP contribution in [0, 0.1) is 6.92 Å². The molecule has 7 heteroatoms. The minimum atomic E-state index is 0.568. The van der Waals surface area contributed by atoms with Gasteiger partial charge in [0.25, 0.3) is 0 Å². The Balaban J connectivity index is 1.77. The molecule has 0 aliphatic heterocycles. The summed E-state index contributed by atoms with van der Waals surface area (Å²) in [5.41, 5.74) is 2.92. The first-order chi connectivity index (χ1) is 11.1. The summed E-state index contributed by atoms with van der Waals surface area (Å²) in [6, 6.07) is 7.36. The average Bonchev–Trinajstić information content (AvgIpc) is 2.95. The molecule has 1 aromatic carbocycles. The van der Waals surface area contributed by atoms with E-state index in [1.54, 1.807) is 18.4 Å². The summed E-state index contributed by atoms with van der Waals surface area (Å²) in [6.07, 6.45) is 0. The number of likely N-dealkylation sites (N-methyl/N-ethyl adjacent to an activating group) is 1. The van der Waals surface area contributed by atoms with Crippen LogP contribution in [0.3, 0.4) is 0 Å². The Morgan fingerprint density at radius 2 is 2.13 bits per heavy atom. The number of hydrogen-bond donors (Lipinski definition) is 1. The van der Waals surface area contributed by atoms with Gasteiger partial charge in [-0.3, -0.25) is 4.99 Å². The second-order valence-electron chi connectivity index (χ2n) is 4.99. The highest BCUT2D eigenvalue weighted by molar-refractivity contribution is 7.09. The second kappa shape index (κ2) is 8.74. The predicted octanol–water partition coefficient (Wildman–Crippen LogP) is 3.19. The zero-order chi connectivity index (χ0) is 16.7. The maximum atomic E-state index is 5.85. The molecule has 0 saturated carbocycles. The molecule has 2 rings (SSSR count). The number of rotatable bonds is 6. The molecule has 23 heavy (non-hydrogen) atoms. The molecule has 0 unspecified atom stereocenters. The van der Waals surface area contributed by atoms with Crippen LogP contribution in [0.1, 0.15) is 10.6 Å². The van der Waals surface area contributed by atoms with Crippen molar-refractivity contribution in [3.05, 3.63) is 45.4 Å². The lowest BCUT2D eigenvalue weighted by atomic mass is 10.3. The smallest absolute Gasteiger partial charge is 0.193 e. The van der Waals surface area contributed by atoms with Gasteiger partial charge in [-0.15, -0.1) is 11.3 Å². The molecular formula is C16H21ClN4OS. The molecule has 1 heterocycles. The summed E-state index contributed by atoms with van der Waals surface area (Å²) >= 11 is 7.50. The van der Waals surface area contributed by atoms with Crippen molar-refractivity contribution in [2.24, 2.45) is 4.99 Å². The minimum absolute atomic E-state index is 0.568. The Morgan fingerprint density at radius 1 is 1.39 bits per heavy atom. The molecule has 0 aliphatic carbocycles. The number of nitrogens with one attached hydrogen (secondary N) is 1. The van der Waals surface area contributed by atoms with E-state index in [9.17, 15) is 0 Å². The number of aliphatic imine (C=N–C) groups is 1. The van der Waals surface area contributed by atoms with Gasteiger partial charge in [-0.1, -0.05) is 11.6 Å². The van der Waals surface area contributed by atoms with Crippen molar-refractivity contribution < 1.29 is 4.74 Å². The molecule has 0 saturated heterocycles. The maximum absolute atomic E-state index is 5.85. The van der Waals surface area contributed by atoms with E-state index in [0.717, 1.165) is 30.5 Å². The van der Waals surface area contributed by atoms with Crippen LogP contribution in [0.5, 0.6) is 5.75 Å². The van der Waals surface area contributed by atoms with Crippen LogP contribution < -0.4 is 10.1 Å². The van der Waals surface area contributed by atoms with E-state index in [0.29, 0.717) is 11.6 Å². The van der Waals surface area contributed by atoms with Crippen LogP contribution in [0.25, 0.3) is 0 Å². The Kier molecular flexibility index (Phi) is 6.67. The van der Waals surface area contributed by atoms with Gasteiger partial charge in [0, 0.05) is 24.0 Å². The third-order valence-corrected chi connectivity index (χ3v) is 4.52. The van der Waals surface area contributed by atoms with E-state index in [1.807, 2.05) is 48.6 Å². The lowest BCUT2D eigenvalue weighted by Gasteiger charge is -2.22. The fourth-order valence-corrected chi connectivity index (χ4v) is 2.82. The molecule has 1 aromatic heterocycles. The molecule has 0 amide bonds. The zero-order valence-electron chi connectivity index (χ0n) is 13.5. The Hall–Kier alpha value is -1.79. The van der Waals surface area contributed by atoms with E-state index in [-0.39, 0.29) is 0 Å². The number of ether oxygens (including phenoxy) is 1. The Labute approximate surface area is 146 Å². The van der Waals surface area contributed by atoms with Gasteiger partial charge in [-0.2, -0.15) is 0 Å². The minimum Gasteiger partial charge on any atom is -0.492 e. The third kappa shape index (κ3) is 5.41. The number of benzene rings is 1. The second-order valence-corrected chi connectivity index (χ2v) is 6.36.